The molecule has 40 heavy (non-hydrogen) atoms. The van der Waals surface area contributed by atoms with E-state index in [0.717, 1.165) is 22.0 Å². The zero-order valence-corrected chi connectivity index (χ0v) is 23.7. The zero-order chi connectivity index (χ0) is 28.9. The van der Waals surface area contributed by atoms with E-state index in [4.69, 9.17) is 4.74 Å². The standard InChI is InChI=1S/C32H34N2O5S/c1-4-19-34(32(38)33-29(31(36)37)22-40-21-23(2)3)30(35)26-10-8-9-25(20-26)14-13-24-15-17-28(18-16-24)39-27-11-6-5-7-12-27/h5-12,15-18,20,23,29H,4,19,21-22H2,1-3H3,(H,33,38)(H,36,37)/t29-/m0/s1. The topological polar surface area (TPSA) is 95.9 Å². The summed E-state index contributed by atoms with van der Waals surface area (Å²) in [7, 11) is 0. The van der Waals surface area contributed by atoms with Crippen molar-refractivity contribution in [2.45, 2.75) is 33.2 Å². The summed E-state index contributed by atoms with van der Waals surface area (Å²) in [6.07, 6.45) is 0.530. The Balaban J connectivity index is 1.69. The van der Waals surface area contributed by atoms with Crippen LogP contribution in [0.1, 0.15) is 48.7 Å². The fraction of sp³-hybridized carbons (Fsp3) is 0.281. The van der Waals surface area contributed by atoms with Gasteiger partial charge in [0, 0.05) is 29.0 Å². The summed E-state index contributed by atoms with van der Waals surface area (Å²) in [6, 6.07) is 21.8. The number of nitrogens with one attached hydrogen (secondary N) is 1. The van der Waals surface area contributed by atoms with Crippen molar-refractivity contribution in [2.75, 3.05) is 18.1 Å². The molecule has 0 unspecified atom stereocenters. The van der Waals surface area contributed by atoms with Crippen LogP contribution in [0.4, 0.5) is 4.79 Å². The molecule has 0 spiro atoms. The molecule has 0 fully saturated rings. The Labute approximate surface area is 239 Å². The Bertz CT molecular complexity index is 1350. The number of carboxylic acid groups (broad SMARTS) is 1. The quantitative estimate of drug-likeness (QED) is 0.269. The third kappa shape index (κ3) is 9.51. The SMILES string of the molecule is CCCN(C(=O)N[C@@H](CSCC(C)C)C(=O)O)C(=O)c1cccc(C#Cc2ccc(Oc3ccccc3)cc2)c1. The predicted molar refractivity (Wildman–Crippen MR) is 159 cm³/mol. The lowest BCUT2D eigenvalue weighted by Gasteiger charge is -2.23. The van der Waals surface area contributed by atoms with Crippen LogP contribution in [-0.4, -0.2) is 52.0 Å². The number of hydrogen-bond donors (Lipinski definition) is 2. The number of amides is 3. The van der Waals surface area contributed by atoms with Crippen LogP contribution in [0.5, 0.6) is 11.5 Å². The third-order valence-electron chi connectivity index (χ3n) is 5.56. The van der Waals surface area contributed by atoms with E-state index in [2.05, 4.69) is 17.2 Å². The minimum atomic E-state index is -1.13. The Morgan fingerprint density at radius 2 is 1.57 bits per heavy atom. The molecule has 0 heterocycles. The summed E-state index contributed by atoms with van der Waals surface area (Å²) in [5, 5.41) is 12.1. The van der Waals surface area contributed by atoms with Crippen LogP contribution in [0.25, 0.3) is 0 Å². The number of para-hydroxylation sites is 1. The molecule has 208 valence electrons. The summed E-state index contributed by atoms with van der Waals surface area (Å²) in [6.45, 7) is 6.08. The molecule has 2 N–H and O–H groups in total. The van der Waals surface area contributed by atoms with Crippen LogP contribution in [0.15, 0.2) is 78.9 Å². The van der Waals surface area contributed by atoms with Crippen molar-refractivity contribution >= 4 is 29.7 Å². The number of carbonyl (C=O) groups excluding carboxylic acids is 2. The van der Waals surface area contributed by atoms with Crippen LogP contribution in [-0.2, 0) is 4.79 Å². The van der Waals surface area contributed by atoms with Crippen molar-refractivity contribution in [2.24, 2.45) is 5.92 Å². The second-order valence-corrected chi connectivity index (χ2v) is 10.6. The van der Waals surface area contributed by atoms with Crippen LogP contribution in [0.3, 0.4) is 0 Å². The molecule has 3 aromatic carbocycles. The van der Waals surface area contributed by atoms with Crippen molar-refractivity contribution in [3.05, 3.63) is 95.6 Å². The summed E-state index contributed by atoms with van der Waals surface area (Å²) in [4.78, 5) is 39.0. The molecule has 3 amide bonds. The maximum atomic E-state index is 13.3. The first-order chi connectivity index (χ1) is 19.3. The van der Waals surface area contributed by atoms with Gasteiger partial charge in [-0.1, -0.05) is 56.9 Å². The molecule has 3 rings (SSSR count). The second kappa shape index (κ2) is 15.4. The molecule has 0 radical (unpaired) electrons. The second-order valence-electron chi connectivity index (χ2n) is 9.50. The lowest BCUT2D eigenvalue weighted by Crippen LogP contribution is -2.51. The summed E-state index contributed by atoms with van der Waals surface area (Å²) in [5.74, 6) is 7.34. The van der Waals surface area contributed by atoms with Crippen molar-refractivity contribution in [1.82, 2.24) is 10.2 Å². The molecular weight excluding hydrogens is 524 g/mol. The molecule has 0 aromatic heterocycles. The number of carbonyl (C=O) groups is 3. The molecule has 0 saturated carbocycles. The fourth-order valence-electron chi connectivity index (χ4n) is 3.60. The van der Waals surface area contributed by atoms with E-state index < -0.39 is 23.9 Å². The highest BCUT2D eigenvalue weighted by Gasteiger charge is 2.27. The van der Waals surface area contributed by atoms with Crippen molar-refractivity contribution < 1.29 is 24.2 Å². The van der Waals surface area contributed by atoms with Crippen molar-refractivity contribution in [3.8, 4) is 23.3 Å². The first-order valence-electron chi connectivity index (χ1n) is 13.1. The lowest BCUT2D eigenvalue weighted by atomic mass is 10.1. The predicted octanol–water partition coefficient (Wildman–Crippen LogP) is 6.28. The molecule has 8 heteroatoms. The molecule has 0 bridgehead atoms. The maximum Gasteiger partial charge on any atom is 0.327 e. The summed E-state index contributed by atoms with van der Waals surface area (Å²) < 4.78 is 5.81. The molecule has 0 aliphatic rings. The number of hydrogen-bond acceptors (Lipinski definition) is 5. The first kappa shape index (κ1) is 30.3. The highest BCUT2D eigenvalue weighted by Crippen LogP contribution is 2.21. The maximum absolute atomic E-state index is 13.3. The number of nitrogens with zero attached hydrogens (tertiary/aromatic N) is 1. The van der Waals surface area contributed by atoms with E-state index in [1.807, 2.05) is 75.4 Å². The van der Waals surface area contributed by atoms with Crippen LogP contribution in [0.2, 0.25) is 0 Å². The van der Waals surface area contributed by atoms with Gasteiger partial charge in [-0.05, 0) is 72.7 Å². The molecule has 0 aliphatic heterocycles. The Morgan fingerprint density at radius 3 is 2.23 bits per heavy atom. The van der Waals surface area contributed by atoms with E-state index in [1.54, 1.807) is 24.3 Å². The summed E-state index contributed by atoms with van der Waals surface area (Å²) in [5.41, 5.74) is 1.68. The van der Waals surface area contributed by atoms with Gasteiger partial charge in [-0.3, -0.25) is 9.69 Å². The lowest BCUT2D eigenvalue weighted by molar-refractivity contribution is -0.138. The van der Waals surface area contributed by atoms with Crippen molar-refractivity contribution in [1.29, 1.82) is 0 Å². The van der Waals surface area contributed by atoms with E-state index in [9.17, 15) is 19.5 Å². The number of thioether (sulfide) groups is 1. The fourth-order valence-corrected chi connectivity index (χ4v) is 4.67. The van der Waals surface area contributed by atoms with Crippen LogP contribution < -0.4 is 10.1 Å². The van der Waals surface area contributed by atoms with Crippen LogP contribution >= 0.6 is 11.8 Å². The number of rotatable bonds is 11. The molecule has 1 atom stereocenters. The smallest absolute Gasteiger partial charge is 0.327 e. The minimum Gasteiger partial charge on any atom is -0.480 e. The van der Waals surface area contributed by atoms with Gasteiger partial charge in [0.25, 0.3) is 5.91 Å². The monoisotopic (exact) mass is 558 g/mol. The minimum absolute atomic E-state index is 0.156. The average Bonchev–Trinajstić information content (AvgIpc) is 2.95. The number of urea groups is 1. The van der Waals surface area contributed by atoms with Gasteiger partial charge < -0.3 is 15.2 Å². The Kier molecular flexibility index (Phi) is 11.7. The largest absolute Gasteiger partial charge is 0.480 e. The van der Waals surface area contributed by atoms with Gasteiger partial charge in [0.05, 0.1) is 0 Å². The molecule has 3 aromatic rings. The number of benzene rings is 3. The van der Waals surface area contributed by atoms with Gasteiger partial charge in [0.1, 0.15) is 17.5 Å². The van der Waals surface area contributed by atoms with Gasteiger partial charge in [0.15, 0.2) is 0 Å². The highest BCUT2D eigenvalue weighted by molar-refractivity contribution is 7.99. The Hall–Kier alpha value is -4.22. The average molecular weight is 559 g/mol. The highest BCUT2D eigenvalue weighted by atomic mass is 32.2. The molecular formula is C32H34N2O5S. The zero-order valence-electron chi connectivity index (χ0n) is 22.9. The van der Waals surface area contributed by atoms with Gasteiger partial charge in [0.2, 0.25) is 0 Å². The van der Waals surface area contributed by atoms with E-state index in [1.165, 1.54) is 11.8 Å². The normalized spacial score (nSPS) is 11.2. The third-order valence-corrected chi connectivity index (χ3v) is 7.03. The molecule has 0 saturated heterocycles. The van der Waals surface area contributed by atoms with Gasteiger partial charge >= 0.3 is 12.0 Å². The first-order valence-corrected chi connectivity index (χ1v) is 14.3. The van der Waals surface area contributed by atoms with E-state index in [-0.39, 0.29) is 12.3 Å². The molecule has 0 aliphatic carbocycles. The van der Waals surface area contributed by atoms with Crippen molar-refractivity contribution in [3.63, 3.8) is 0 Å². The van der Waals surface area contributed by atoms with Gasteiger partial charge in [-0.2, -0.15) is 11.8 Å². The summed E-state index contributed by atoms with van der Waals surface area (Å²) >= 11 is 1.45. The number of aliphatic carboxylic acids is 1. The van der Waals surface area contributed by atoms with E-state index in [0.29, 0.717) is 29.2 Å². The number of imide groups is 1. The number of carboxylic acids is 1. The number of ether oxygens (including phenoxy) is 1. The van der Waals surface area contributed by atoms with E-state index >= 15 is 0 Å². The Morgan fingerprint density at radius 1 is 0.900 bits per heavy atom. The van der Waals surface area contributed by atoms with Gasteiger partial charge in [-0.25, -0.2) is 9.59 Å². The molecule has 7 nitrogen and oxygen atoms in total. The van der Waals surface area contributed by atoms with Gasteiger partial charge in [-0.15, -0.1) is 0 Å². The van der Waals surface area contributed by atoms with Crippen LogP contribution in [0, 0.1) is 17.8 Å².